The predicted molar refractivity (Wildman–Crippen MR) is 355 cm³/mol. The fourth-order valence-corrected chi connectivity index (χ4v) is 7.85. The summed E-state index contributed by atoms with van der Waals surface area (Å²) < 4.78 is 30.1. The van der Waals surface area contributed by atoms with Crippen LogP contribution in [-0.4, -0.2) is 116 Å². The molecule has 0 aliphatic carbocycles. The number of nitrogen functional groups attached to an aromatic ring is 1. The minimum absolute atomic E-state index is 0. The van der Waals surface area contributed by atoms with Crippen LogP contribution in [0, 0.1) is 35.2 Å². The summed E-state index contributed by atoms with van der Waals surface area (Å²) in [4.78, 5) is 94.4. The topological polar surface area (TPSA) is 567 Å². The van der Waals surface area contributed by atoms with Gasteiger partial charge in [0.05, 0.1) is 49.4 Å². The van der Waals surface area contributed by atoms with Crippen LogP contribution in [0.2, 0.25) is 0 Å². The van der Waals surface area contributed by atoms with E-state index in [2.05, 4.69) is 141 Å². The Kier molecular flexibility index (Phi) is 29.7. The molecule has 46 heteroatoms. The molecule has 2 atom stereocenters. The molecule has 0 saturated heterocycles. The molecule has 0 aliphatic heterocycles. The normalized spacial score (nSPS) is 10.7. The number of carbonyl (C=O) groups is 2. The summed E-state index contributed by atoms with van der Waals surface area (Å²) in [5.41, 5.74) is 12.7. The van der Waals surface area contributed by atoms with Crippen molar-refractivity contribution in [2.75, 3.05) is 16.4 Å². The van der Waals surface area contributed by atoms with Gasteiger partial charge in [-0.25, -0.2) is 54.4 Å². The Morgan fingerprint density at radius 2 is 1.09 bits per heavy atom. The van der Waals surface area contributed by atoms with Crippen LogP contribution >= 0.6 is 16.5 Å². The van der Waals surface area contributed by atoms with Crippen molar-refractivity contribution in [3.63, 3.8) is 0 Å². The molecule has 7 N–H and O–H groups in total. The van der Waals surface area contributed by atoms with Crippen molar-refractivity contribution in [3.8, 4) is 40.6 Å². The van der Waals surface area contributed by atoms with Gasteiger partial charge in [-0.2, -0.15) is 38.8 Å². The molecular weight excluding hydrogens is 1380 g/mol. The molecule has 0 fully saturated rings. The Morgan fingerprint density at radius 1 is 0.667 bits per heavy atom. The molecule has 0 radical (unpaired) electrons. The first-order chi connectivity index (χ1) is 48.2. The standard InChI is InChI=1S/C24H22N12O.C16H19N5O.C8H4N7.C8H6N6.HNO2.Na.2HO4P.2H2/c1-14(37)29-16-9-7-15(8-10-16)20-30-22-18(19(24(2,3)4)33-36(22)34-20)31-32-21-17(25-5)13-28-35(21)23-26-11-6-12-27-23;1-10(22)17-12-7-5-11(6-8-12)15-18-14-9-13(16(2,3)4)19-21(14)20-15;1-10-6-5-13-15(7(6)14-9)8-11-3-2-4-12-8;1-10-6-5-13-14(7(6)9)8-11-3-2-4-12-8;2-1-3;;2*1-4-5(2)3;;/h6-13,33H,1-4H3,(H,29,37);5-9,19H,1-4H3,(H,17,22);2-5H;2-5H,9H2;(H,2,3);;2*1H;2*1H/q;;+1;;;+1;;;;/p-2. The number of anilines is 3. The van der Waals surface area contributed by atoms with Gasteiger partial charge in [0.15, 0.2) is 28.8 Å². The number of diazo groups is 1. The number of benzene rings is 2. The van der Waals surface area contributed by atoms with Gasteiger partial charge in [0, 0.05) is 109 Å². The second-order valence-electron chi connectivity index (χ2n) is 21.2. The zero-order valence-electron chi connectivity index (χ0n) is 54.7. The molecule has 0 saturated carbocycles. The SMILES string of the molecule is CC(=O)Nc1ccc(-c2nc3cc(C(C)(C)C)[nH]n3n2)cc1.O=N[O-].O=[P+]([O-])OO.O=[P+]([O-])O[O-].[C-]#[N+]c1cnn(-c2ncccn2)c1N.[C-]#[N+]c1cnn(-c2ncccn2)c1N=Nc1c(C(C)(C)C)[nH]n2nc(-c3ccc(NC(C)=O)cc3)nc12.[C-]#[N+]c1cnn(-c2ncccn2)c1[N+]#N.[HH].[HH].[Na+]. The second kappa shape index (κ2) is 37.8. The number of amides is 2. The van der Waals surface area contributed by atoms with Gasteiger partial charge >= 0.3 is 63.5 Å². The van der Waals surface area contributed by atoms with E-state index < -0.39 is 16.5 Å². The molecule has 0 spiro atoms. The van der Waals surface area contributed by atoms with Crippen LogP contribution < -0.4 is 61.0 Å². The summed E-state index contributed by atoms with van der Waals surface area (Å²) in [6, 6.07) is 21.7. The van der Waals surface area contributed by atoms with Crippen molar-refractivity contribution in [2.24, 2.45) is 15.6 Å². The van der Waals surface area contributed by atoms with E-state index in [0.29, 0.717) is 40.3 Å². The van der Waals surface area contributed by atoms with E-state index in [9.17, 15) is 9.59 Å². The number of hydrogen-bond donors (Lipinski definition) is 6. The smallest absolute Gasteiger partial charge is 0.674 e. The number of nitrogens with one attached hydrogen (secondary N) is 4. The summed E-state index contributed by atoms with van der Waals surface area (Å²) >= 11 is 0. The molecule has 0 aliphatic rings. The van der Waals surface area contributed by atoms with Gasteiger partial charge in [0.1, 0.15) is 5.82 Å². The van der Waals surface area contributed by atoms with Crippen molar-refractivity contribution in [1.29, 1.82) is 5.39 Å². The van der Waals surface area contributed by atoms with E-state index in [4.69, 9.17) is 75.4 Å². The van der Waals surface area contributed by atoms with Gasteiger partial charge in [0.2, 0.25) is 23.1 Å². The van der Waals surface area contributed by atoms with Gasteiger partial charge in [-0.05, 0) is 75.9 Å². The first-order valence-corrected chi connectivity index (χ1v) is 30.2. The number of nitrogens with zero attached hydrogens (tertiary/aromatic N) is 26. The van der Waals surface area contributed by atoms with Crippen LogP contribution in [0.4, 0.5) is 51.6 Å². The number of aromatic amines is 2. The Balaban J connectivity index is 0.000000358. The monoisotopic (exact) mass is 1440 g/mol. The number of aromatic nitrogens is 20. The molecule has 102 heavy (non-hydrogen) atoms. The molecule has 12 aromatic rings. The maximum absolute atomic E-state index is 11.3. The number of nitrogens with two attached hydrogens (primary N) is 1. The maximum atomic E-state index is 11.3. The third-order valence-electron chi connectivity index (χ3n) is 12.2. The number of azo groups is 1. The quantitative estimate of drug-likeness (QED) is 0.0128. The average molecular weight is 1440 g/mol. The summed E-state index contributed by atoms with van der Waals surface area (Å²) in [7, 11) is -6.20. The van der Waals surface area contributed by atoms with Crippen LogP contribution in [0.1, 0.15) is 69.6 Å². The Bertz CT molecular complexity index is 4990. The molecule has 10 heterocycles. The number of rotatable bonds is 11. The van der Waals surface area contributed by atoms with Gasteiger partial charge in [-0.15, -0.1) is 25.8 Å². The Morgan fingerprint density at radius 3 is 1.50 bits per heavy atom. The maximum Gasteiger partial charge on any atom is 1.00 e. The first-order valence-electron chi connectivity index (χ1n) is 28.0. The first kappa shape index (κ1) is 79.9. The Hall–Kier alpha value is -12.7. The van der Waals surface area contributed by atoms with Crippen molar-refractivity contribution in [3.05, 3.63) is 189 Å². The van der Waals surface area contributed by atoms with E-state index in [-0.39, 0.29) is 95.8 Å². The second-order valence-corrected chi connectivity index (χ2v) is 22.4. The zero-order valence-corrected chi connectivity index (χ0v) is 58.5. The van der Waals surface area contributed by atoms with Crippen molar-refractivity contribution in [1.82, 2.24) is 98.9 Å². The van der Waals surface area contributed by atoms with Crippen LogP contribution in [0.15, 0.2) is 144 Å². The van der Waals surface area contributed by atoms with Crippen molar-refractivity contribution < 1.29 is 80.8 Å². The summed E-state index contributed by atoms with van der Waals surface area (Å²) in [6.07, 6.45) is 13.5. The number of hydrogen-bond acceptors (Lipinski definition) is 30. The van der Waals surface area contributed by atoms with Crippen LogP contribution in [0.3, 0.4) is 0 Å². The summed E-state index contributed by atoms with van der Waals surface area (Å²) in [5, 5.41) is 75.3. The van der Waals surface area contributed by atoms with Crippen molar-refractivity contribution in [2.45, 2.75) is 66.2 Å². The fourth-order valence-electron chi connectivity index (χ4n) is 7.85. The van der Waals surface area contributed by atoms with E-state index >= 15 is 0 Å². The zero-order chi connectivity index (χ0) is 74.0. The van der Waals surface area contributed by atoms with Crippen molar-refractivity contribution >= 4 is 91.2 Å². The summed E-state index contributed by atoms with van der Waals surface area (Å²) in [6.45, 7) is 36.6. The van der Waals surface area contributed by atoms with E-state index in [0.717, 1.165) is 39.2 Å². The number of fused-ring (bicyclic) bond motifs is 2. The molecular formula is C56H56N31NaO12P2. The summed E-state index contributed by atoms with van der Waals surface area (Å²) in [5.74, 6) is 2.26. The Labute approximate surface area is 601 Å². The number of carbonyl (C=O) groups excluding carboxylic acids is 2. The molecule has 10 aromatic heterocycles. The molecule has 518 valence electrons. The van der Waals surface area contributed by atoms with Crippen LogP contribution in [0.25, 0.3) is 71.4 Å². The van der Waals surface area contributed by atoms with Gasteiger partial charge in [-0.1, -0.05) is 51.3 Å². The minimum Gasteiger partial charge on any atom is -0.674 e. The van der Waals surface area contributed by atoms with Gasteiger partial charge in [0.25, 0.3) is 17.6 Å². The molecule has 0 bridgehead atoms. The number of H-pyrrole nitrogens is 2. The fraction of sp³-hybridized carbons (Fsp3) is 0.179. The van der Waals surface area contributed by atoms with E-state index in [1.54, 1.807) is 64.4 Å². The molecule has 2 aromatic carbocycles. The van der Waals surface area contributed by atoms with Gasteiger partial charge in [-0.3, -0.25) is 19.8 Å². The molecule has 43 nitrogen and oxygen atoms in total. The third-order valence-corrected chi connectivity index (χ3v) is 12.4. The van der Waals surface area contributed by atoms with Gasteiger partial charge < -0.3 is 41.5 Å². The van der Waals surface area contributed by atoms with Crippen LogP contribution in [0.5, 0.6) is 0 Å². The predicted octanol–water partition coefficient (Wildman–Crippen LogP) is 5.93. The average Bonchev–Trinajstić information content (AvgIpc) is 1.61. The van der Waals surface area contributed by atoms with E-state index in [1.807, 2.05) is 63.2 Å². The molecule has 2 unspecified atom stereocenters. The minimum atomic E-state index is -3.15. The largest absolute Gasteiger partial charge is 1.00 e. The van der Waals surface area contributed by atoms with E-state index in [1.165, 1.54) is 58.9 Å². The van der Waals surface area contributed by atoms with Crippen LogP contribution in [-0.2, 0) is 38.9 Å². The molecule has 2 amide bonds. The third kappa shape index (κ3) is 22.1. The molecule has 12 rings (SSSR count).